The molecular formula is C13H17ClO3. The van der Waals surface area contributed by atoms with Gasteiger partial charge in [-0.3, -0.25) is 0 Å². The maximum Gasteiger partial charge on any atom is 0.124 e. The molecule has 0 saturated carbocycles. The maximum atomic E-state index is 5.96. The van der Waals surface area contributed by atoms with E-state index in [0.717, 1.165) is 43.1 Å². The highest BCUT2D eigenvalue weighted by molar-refractivity contribution is 6.17. The van der Waals surface area contributed by atoms with Gasteiger partial charge in [-0.05, 0) is 18.2 Å². The van der Waals surface area contributed by atoms with Gasteiger partial charge in [-0.25, -0.2) is 0 Å². The molecule has 3 nitrogen and oxygen atoms in total. The standard InChI is InChI=1S/C13H17ClO3/c1-15-12-2-3-13(10(8-12)9-14)17-11-4-6-16-7-5-11/h2-3,8,11H,4-7,9H2,1H3. The molecule has 0 aliphatic carbocycles. The van der Waals surface area contributed by atoms with Crippen LogP contribution >= 0.6 is 11.6 Å². The van der Waals surface area contributed by atoms with Crippen LogP contribution < -0.4 is 9.47 Å². The Balaban J connectivity index is 2.08. The minimum atomic E-state index is 0.235. The van der Waals surface area contributed by atoms with Crippen molar-refractivity contribution in [2.45, 2.75) is 24.8 Å². The third-order valence-corrected chi connectivity index (χ3v) is 3.16. The zero-order chi connectivity index (χ0) is 12.1. The topological polar surface area (TPSA) is 27.7 Å². The Morgan fingerprint density at radius 2 is 2.12 bits per heavy atom. The van der Waals surface area contributed by atoms with E-state index in [2.05, 4.69) is 0 Å². The summed E-state index contributed by atoms with van der Waals surface area (Å²) in [5.41, 5.74) is 0.970. The molecule has 0 unspecified atom stereocenters. The van der Waals surface area contributed by atoms with Gasteiger partial charge in [0.15, 0.2) is 0 Å². The molecule has 94 valence electrons. The monoisotopic (exact) mass is 256 g/mol. The molecule has 0 atom stereocenters. The zero-order valence-corrected chi connectivity index (χ0v) is 10.7. The number of rotatable bonds is 4. The van der Waals surface area contributed by atoms with Gasteiger partial charge in [0.2, 0.25) is 0 Å². The predicted octanol–water partition coefficient (Wildman–Crippen LogP) is 2.99. The van der Waals surface area contributed by atoms with Crippen LogP contribution in [0.25, 0.3) is 0 Å². The minimum absolute atomic E-state index is 0.235. The normalized spacial score (nSPS) is 16.8. The van der Waals surface area contributed by atoms with E-state index in [0.29, 0.717) is 5.88 Å². The summed E-state index contributed by atoms with van der Waals surface area (Å²) in [6.45, 7) is 1.55. The van der Waals surface area contributed by atoms with Crippen molar-refractivity contribution in [3.63, 3.8) is 0 Å². The van der Waals surface area contributed by atoms with Crippen LogP contribution in [0.1, 0.15) is 18.4 Å². The molecule has 1 fully saturated rings. The lowest BCUT2D eigenvalue weighted by molar-refractivity contribution is 0.0252. The molecule has 0 aromatic heterocycles. The minimum Gasteiger partial charge on any atom is -0.497 e. The SMILES string of the molecule is COc1ccc(OC2CCOCC2)c(CCl)c1. The molecule has 1 saturated heterocycles. The van der Waals surface area contributed by atoms with Gasteiger partial charge in [0, 0.05) is 18.4 Å². The summed E-state index contributed by atoms with van der Waals surface area (Å²) in [6, 6.07) is 5.73. The fourth-order valence-corrected chi connectivity index (χ4v) is 2.08. The second-order valence-corrected chi connectivity index (χ2v) is 4.30. The van der Waals surface area contributed by atoms with Gasteiger partial charge in [-0.15, -0.1) is 11.6 Å². The van der Waals surface area contributed by atoms with Crippen molar-refractivity contribution in [2.75, 3.05) is 20.3 Å². The van der Waals surface area contributed by atoms with Crippen LogP contribution in [0, 0.1) is 0 Å². The summed E-state index contributed by atoms with van der Waals surface area (Å²) in [5, 5.41) is 0. The van der Waals surface area contributed by atoms with E-state index in [1.54, 1.807) is 7.11 Å². The third kappa shape index (κ3) is 3.27. The highest BCUT2D eigenvalue weighted by Crippen LogP contribution is 2.28. The van der Waals surface area contributed by atoms with Crippen molar-refractivity contribution in [1.82, 2.24) is 0 Å². The van der Waals surface area contributed by atoms with Crippen LogP contribution in [0.2, 0.25) is 0 Å². The van der Waals surface area contributed by atoms with Crippen molar-refractivity contribution in [1.29, 1.82) is 0 Å². The first kappa shape index (κ1) is 12.5. The molecule has 0 radical (unpaired) electrons. The third-order valence-electron chi connectivity index (χ3n) is 2.87. The Labute approximate surface area is 107 Å². The van der Waals surface area contributed by atoms with E-state index in [9.17, 15) is 0 Å². The Bertz CT molecular complexity index is 362. The van der Waals surface area contributed by atoms with Crippen LogP contribution in [-0.4, -0.2) is 26.4 Å². The first-order chi connectivity index (χ1) is 8.33. The predicted molar refractivity (Wildman–Crippen MR) is 67.0 cm³/mol. The summed E-state index contributed by atoms with van der Waals surface area (Å²) >= 11 is 5.92. The average Bonchev–Trinajstić information content (AvgIpc) is 2.40. The lowest BCUT2D eigenvalue weighted by atomic mass is 10.1. The summed E-state index contributed by atoms with van der Waals surface area (Å²) in [5.74, 6) is 2.09. The van der Waals surface area contributed by atoms with Gasteiger partial charge in [-0.2, -0.15) is 0 Å². The van der Waals surface area contributed by atoms with Gasteiger partial charge in [-0.1, -0.05) is 0 Å². The molecule has 4 heteroatoms. The molecule has 0 spiro atoms. The van der Waals surface area contributed by atoms with E-state index >= 15 is 0 Å². The number of alkyl halides is 1. The van der Waals surface area contributed by atoms with Crippen molar-refractivity contribution in [3.05, 3.63) is 23.8 Å². The smallest absolute Gasteiger partial charge is 0.124 e. The van der Waals surface area contributed by atoms with Gasteiger partial charge >= 0.3 is 0 Å². The fourth-order valence-electron chi connectivity index (χ4n) is 1.88. The van der Waals surface area contributed by atoms with Crippen molar-refractivity contribution < 1.29 is 14.2 Å². The van der Waals surface area contributed by atoms with Gasteiger partial charge in [0.25, 0.3) is 0 Å². The highest BCUT2D eigenvalue weighted by atomic mass is 35.5. The molecular weight excluding hydrogens is 240 g/mol. The van der Waals surface area contributed by atoms with Crippen LogP contribution in [0.5, 0.6) is 11.5 Å². The molecule has 1 aromatic carbocycles. The second-order valence-electron chi connectivity index (χ2n) is 4.04. The number of hydrogen-bond acceptors (Lipinski definition) is 3. The molecule has 2 rings (SSSR count). The van der Waals surface area contributed by atoms with Gasteiger partial charge < -0.3 is 14.2 Å². The first-order valence-electron chi connectivity index (χ1n) is 5.80. The van der Waals surface area contributed by atoms with E-state index in [1.807, 2.05) is 18.2 Å². The number of halogens is 1. The van der Waals surface area contributed by atoms with Crippen molar-refractivity contribution >= 4 is 11.6 Å². The molecule has 1 aliphatic heterocycles. The number of methoxy groups -OCH3 is 1. The van der Waals surface area contributed by atoms with E-state index in [-0.39, 0.29) is 6.10 Å². The maximum absolute atomic E-state index is 5.96. The summed E-state index contributed by atoms with van der Waals surface area (Å²) in [7, 11) is 1.65. The van der Waals surface area contributed by atoms with Crippen molar-refractivity contribution in [2.24, 2.45) is 0 Å². The van der Waals surface area contributed by atoms with Gasteiger partial charge in [0.05, 0.1) is 26.2 Å². The van der Waals surface area contributed by atoms with Crippen LogP contribution in [-0.2, 0) is 10.6 Å². The second kappa shape index (κ2) is 6.12. The van der Waals surface area contributed by atoms with E-state index in [1.165, 1.54) is 0 Å². The van der Waals surface area contributed by atoms with E-state index < -0.39 is 0 Å². The molecule has 0 amide bonds. The Morgan fingerprint density at radius 3 is 2.76 bits per heavy atom. The van der Waals surface area contributed by atoms with E-state index in [4.69, 9.17) is 25.8 Å². The number of benzene rings is 1. The quantitative estimate of drug-likeness (QED) is 0.775. The summed E-state index contributed by atoms with van der Waals surface area (Å²) in [6.07, 6.45) is 2.11. The molecule has 0 bridgehead atoms. The van der Waals surface area contributed by atoms with Gasteiger partial charge in [0.1, 0.15) is 17.6 Å². The average molecular weight is 257 g/mol. The summed E-state index contributed by atoms with van der Waals surface area (Å²) < 4.78 is 16.4. The molecule has 1 aliphatic rings. The fraction of sp³-hybridized carbons (Fsp3) is 0.538. The highest BCUT2D eigenvalue weighted by Gasteiger charge is 2.16. The zero-order valence-electron chi connectivity index (χ0n) is 9.95. The first-order valence-corrected chi connectivity index (χ1v) is 6.34. The van der Waals surface area contributed by atoms with Crippen LogP contribution in [0.15, 0.2) is 18.2 Å². The lowest BCUT2D eigenvalue weighted by Crippen LogP contribution is -2.26. The van der Waals surface area contributed by atoms with Crippen LogP contribution in [0.3, 0.4) is 0 Å². The number of ether oxygens (including phenoxy) is 3. The molecule has 0 N–H and O–H groups in total. The number of hydrogen-bond donors (Lipinski definition) is 0. The largest absolute Gasteiger partial charge is 0.497 e. The molecule has 17 heavy (non-hydrogen) atoms. The van der Waals surface area contributed by atoms with Crippen molar-refractivity contribution in [3.8, 4) is 11.5 Å². The molecule has 1 heterocycles. The Kier molecular flexibility index (Phi) is 4.51. The van der Waals surface area contributed by atoms with Crippen LogP contribution in [0.4, 0.5) is 0 Å². The lowest BCUT2D eigenvalue weighted by Gasteiger charge is -2.24. The Hall–Kier alpha value is -0.930. The molecule has 1 aromatic rings. The Morgan fingerprint density at radius 1 is 1.35 bits per heavy atom. The summed E-state index contributed by atoms with van der Waals surface area (Å²) in [4.78, 5) is 0.